The normalized spacial score (nSPS) is 14.3. The maximum Gasteiger partial charge on any atom is 0.293 e. The molecule has 2 aromatic heterocycles. The lowest BCUT2D eigenvalue weighted by molar-refractivity contribution is 0.0996. The molecule has 0 bridgehead atoms. The van der Waals surface area contributed by atoms with Crippen molar-refractivity contribution in [2.75, 3.05) is 23.9 Å². The number of nitrogens with one attached hydrogen (secondary N) is 1. The fraction of sp³-hybridized carbons (Fsp3) is 0.263. The molecule has 0 fully saturated rings. The lowest BCUT2D eigenvalue weighted by Gasteiger charge is -2.25. The van der Waals surface area contributed by atoms with Gasteiger partial charge in [-0.3, -0.25) is 10.1 Å². The summed E-state index contributed by atoms with van der Waals surface area (Å²) in [5, 5.41) is 5.27. The molecule has 1 aliphatic rings. The van der Waals surface area contributed by atoms with Gasteiger partial charge < -0.3 is 14.1 Å². The number of rotatable bonds is 5. The van der Waals surface area contributed by atoms with E-state index in [9.17, 15) is 4.79 Å². The molecule has 1 aliphatic heterocycles. The van der Waals surface area contributed by atoms with Gasteiger partial charge in [0.05, 0.1) is 12.0 Å². The van der Waals surface area contributed by atoms with Gasteiger partial charge in [0.1, 0.15) is 6.23 Å². The van der Waals surface area contributed by atoms with Gasteiger partial charge in [-0.05, 0) is 43.2 Å². The maximum absolute atomic E-state index is 12.0. The maximum atomic E-state index is 12.0. The standard InChI is InChI=1S/C19H19N3O3S/c1-12(24-2)22-8-7-14-10-13(5-6-16(14)22)15-11-26-19(20-15)21-18(23)17-4-3-9-25-17/h3-6,9-12H,7-8H2,1-2H3,(H,20,21,23). The lowest BCUT2D eigenvalue weighted by atomic mass is 10.1. The monoisotopic (exact) mass is 369 g/mol. The quantitative estimate of drug-likeness (QED) is 0.736. The highest BCUT2D eigenvalue weighted by Crippen LogP contribution is 2.34. The van der Waals surface area contributed by atoms with Gasteiger partial charge >= 0.3 is 0 Å². The van der Waals surface area contributed by atoms with E-state index in [1.807, 2.05) is 5.38 Å². The number of thiazole rings is 1. The largest absolute Gasteiger partial charge is 0.459 e. The van der Waals surface area contributed by atoms with Crippen LogP contribution in [0.2, 0.25) is 0 Å². The predicted molar refractivity (Wildman–Crippen MR) is 102 cm³/mol. The van der Waals surface area contributed by atoms with Crippen LogP contribution in [0.3, 0.4) is 0 Å². The molecule has 3 aromatic rings. The molecule has 0 saturated carbocycles. The van der Waals surface area contributed by atoms with Crippen LogP contribution < -0.4 is 10.2 Å². The topological polar surface area (TPSA) is 67.6 Å². The lowest BCUT2D eigenvalue weighted by Crippen LogP contribution is -2.32. The molecule has 1 amide bonds. The van der Waals surface area contributed by atoms with Crippen LogP contribution in [0, 0.1) is 0 Å². The van der Waals surface area contributed by atoms with Crippen LogP contribution in [-0.4, -0.2) is 30.8 Å². The van der Waals surface area contributed by atoms with Gasteiger partial charge in [-0.2, -0.15) is 0 Å². The number of anilines is 2. The van der Waals surface area contributed by atoms with E-state index < -0.39 is 0 Å². The van der Waals surface area contributed by atoms with Crippen LogP contribution in [0.15, 0.2) is 46.4 Å². The molecule has 134 valence electrons. The highest BCUT2D eigenvalue weighted by Gasteiger charge is 2.23. The summed E-state index contributed by atoms with van der Waals surface area (Å²) in [4.78, 5) is 18.8. The molecular formula is C19H19N3O3S. The van der Waals surface area contributed by atoms with E-state index in [2.05, 4.69) is 40.3 Å². The van der Waals surface area contributed by atoms with Crippen LogP contribution in [0.1, 0.15) is 23.0 Å². The number of fused-ring (bicyclic) bond motifs is 1. The Kier molecular flexibility index (Phi) is 4.48. The van der Waals surface area contributed by atoms with E-state index in [0.717, 1.165) is 24.2 Å². The summed E-state index contributed by atoms with van der Waals surface area (Å²) >= 11 is 1.40. The SMILES string of the molecule is COC(C)N1CCc2cc(-c3csc(NC(=O)c4ccco4)n3)ccc21. The summed E-state index contributed by atoms with van der Waals surface area (Å²) in [5.74, 6) is -0.0271. The Bertz CT molecular complexity index is 920. The first kappa shape index (κ1) is 16.8. The molecule has 0 saturated heterocycles. The number of ether oxygens (including phenoxy) is 1. The van der Waals surface area contributed by atoms with Crippen LogP contribution in [-0.2, 0) is 11.2 Å². The van der Waals surface area contributed by atoms with E-state index >= 15 is 0 Å². The Morgan fingerprint density at radius 1 is 1.42 bits per heavy atom. The number of nitrogens with zero attached hydrogens (tertiary/aromatic N) is 2. The van der Waals surface area contributed by atoms with Crippen molar-refractivity contribution in [1.82, 2.24) is 4.98 Å². The first-order valence-corrected chi connectivity index (χ1v) is 9.27. The number of furan rings is 1. The van der Waals surface area contributed by atoms with Gasteiger partial charge in [0.2, 0.25) is 0 Å². The number of hydrogen-bond donors (Lipinski definition) is 1. The van der Waals surface area contributed by atoms with Gasteiger partial charge in [0, 0.05) is 30.3 Å². The van der Waals surface area contributed by atoms with Crippen molar-refractivity contribution >= 4 is 28.1 Å². The average molecular weight is 369 g/mol. The molecule has 0 aliphatic carbocycles. The minimum Gasteiger partial charge on any atom is -0.459 e. The van der Waals surface area contributed by atoms with Crippen LogP contribution in [0.4, 0.5) is 10.8 Å². The summed E-state index contributed by atoms with van der Waals surface area (Å²) in [6, 6.07) is 9.66. The van der Waals surface area contributed by atoms with Crippen LogP contribution in [0.25, 0.3) is 11.3 Å². The smallest absolute Gasteiger partial charge is 0.293 e. The highest BCUT2D eigenvalue weighted by molar-refractivity contribution is 7.14. The van der Waals surface area contributed by atoms with E-state index in [4.69, 9.17) is 9.15 Å². The zero-order chi connectivity index (χ0) is 18.1. The summed E-state index contributed by atoms with van der Waals surface area (Å²) < 4.78 is 10.5. The number of amides is 1. The van der Waals surface area contributed by atoms with E-state index in [1.165, 1.54) is 28.9 Å². The third-order valence-corrected chi connectivity index (χ3v) is 5.31. The van der Waals surface area contributed by atoms with Gasteiger partial charge in [-0.1, -0.05) is 6.07 Å². The van der Waals surface area contributed by atoms with Crippen molar-refractivity contribution in [1.29, 1.82) is 0 Å². The summed E-state index contributed by atoms with van der Waals surface area (Å²) in [5.41, 5.74) is 4.40. The minimum atomic E-state index is -0.297. The molecule has 3 heterocycles. The van der Waals surface area contributed by atoms with Gasteiger partial charge in [0.25, 0.3) is 5.91 Å². The van der Waals surface area contributed by atoms with Crippen molar-refractivity contribution in [2.45, 2.75) is 19.6 Å². The van der Waals surface area contributed by atoms with Crippen molar-refractivity contribution in [3.05, 3.63) is 53.3 Å². The number of aromatic nitrogens is 1. The van der Waals surface area contributed by atoms with Crippen LogP contribution >= 0.6 is 11.3 Å². The summed E-state index contributed by atoms with van der Waals surface area (Å²) in [6.45, 7) is 3.01. The number of carbonyl (C=O) groups excluding carboxylic acids is 1. The molecule has 1 unspecified atom stereocenters. The molecule has 1 N–H and O–H groups in total. The summed E-state index contributed by atoms with van der Waals surface area (Å²) in [7, 11) is 1.73. The third-order valence-electron chi connectivity index (χ3n) is 4.56. The first-order chi connectivity index (χ1) is 12.7. The molecule has 6 nitrogen and oxygen atoms in total. The fourth-order valence-corrected chi connectivity index (χ4v) is 3.84. The van der Waals surface area contributed by atoms with Crippen molar-refractivity contribution in [3.8, 4) is 11.3 Å². The molecule has 0 spiro atoms. The molecule has 26 heavy (non-hydrogen) atoms. The minimum absolute atomic E-state index is 0.0600. The molecule has 1 atom stereocenters. The number of hydrogen-bond acceptors (Lipinski definition) is 6. The molecule has 1 aromatic carbocycles. The Labute approximate surface area is 155 Å². The second kappa shape index (κ2) is 6.93. The molecule has 7 heteroatoms. The zero-order valence-corrected chi connectivity index (χ0v) is 15.4. The van der Waals surface area contributed by atoms with Crippen molar-refractivity contribution in [3.63, 3.8) is 0 Å². The predicted octanol–water partition coefficient (Wildman–Crippen LogP) is 4.01. The fourth-order valence-electron chi connectivity index (χ4n) is 3.12. The Balaban J connectivity index is 1.52. The van der Waals surface area contributed by atoms with Gasteiger partial charge in [0.15, 0.2) is 10.9 Å². The Hall–Kier alpha value is -2.64. The molecule has 0 radical (unpaired) electrons. The van der Waals surface area contributed by atoms with E-state index in [0.29, 0.717) is 5.13 Å². The Morgan fingerprint density at radius 2 is 2.31 bits per heavy atom. The number of methoxy groups -OCH3 is 1. The van der Waals surface area contributed by atoms with Crippen molar-refractivity contribution < 1.29 is 13.9 Å². The van der Waals surface area contributed by atoms with E-state index in [-0.39, 0.29) is 17.9 Å². The third kappa shape index (κ3) is 3.11. The Morgan fingerprint density at radius 3 is 3.08 bits per heavy atom. The van der Waals surface area contributed by atoms with Crippen LogP contribution in [0.5, 0.6) is 0 Å². The van der Waals surface area contributed by atoms with E-state index in [1.54, 1.807) is 19.2 Å². The van der Waals surface area contributed by atoms with Crippen molar-refractivity contribution in [2.24, 2.45) is 0 Å². The van der Waals surface area contributed by atoms with Gasteiger partial charge in [-0.25, -0.2) is 4.98 Å². The second-order valence-corrected chi connectivity index (χ2v) is 6.95. The molecular weight excluding hydrogens is 350 g/mol. The summed E-state index contributed by atoms with van der Waals surface area (Å²) in [6.07, 6.45) is 2.52. The number of carbonyl (C=O) groups is 1. The second-order valence-electron chi connectivity index (χ2n) is 6.09. The molecule has 4 rings (SSSR count). The van der Waals surface area contributed by atoms with Gasteiger partial charge in [-0.15, -0.1) is 11.3 Å². The highest BCUT2D eigenvalue weighted by atomic mass is 32.1. The average Bonchev–Trinajstić information content (AvgIpc) is 3.40. The first-order valence-electron chi connectivity index (χ1n) is 8.39. The zero-order valence-electron chi connectivity index (χ0n) is 14.6. The number of benzene rings is 1.